The van der Waals surface area contributed by atoms with E-state index in [1.807, 2.05) is 13.0 Å². The average Bonchev–Trinajstić information content (AvgIpc) is 2.90. The number of carbonyl (C=O) groups is 2. The van der Waals surface area contributed by atoms with Crippen molar-refractivity contribution in [3.63, 3.8) is 0 Å². The van der Waals surface area contributed by atoms with Crippen molar-refractivity contribution in [2.45, 2.75) is 19.8 Å². The van der Waals surface area contributed by atoms with Crippen LogP contribution in [0.4, 0.5) is 0 Å². The molecule has 0 radical (unpaired) electrons. The predicted octanol–water partition coefficient (Wildman–Crippen LogP) is 2.02. The monoisotopic (exact) mass is 272 g/mol. The molecule has 0 spiro atoms. The number of aryl methyl sites for hydroxylation is 1. The van der Waals surface area contributed by atoms with Crippen molar-refractivity contribution >= 4 is 11.7 Å². The first-order valence-corrected chi connectivity index (χ1v) is 6.45. The summed E-state index contributed by atoms with van der Waals surface area (Å²) >= 11 is 0. The van der Waals surface area contributed by atoms with E-state index in [1.54, 1.807) is 24.3 Å². The van der Waals surface area contributed by atoms with Gasteiger partial charge in [-0.05, 0) is 6.42 Å². The molecule has 0 bridgehead atoms. The first-order valence-electron chi connectivity index (χ1n) is 6.45. The normalized spacial score (nSPS) is 10.3. The summed E-state index contributed by atoms with van der Waals surface area (Å²) in [7, 11) is 1.54. The van der Waals surface area contributed by atoms with E-state index in [0.29, 0.717) is 29.0 Å². The number of amides is 1. The molecule has 1 aromatic carbocycles. The third-order valence-corrected chi connectivity index (χ3v) is 3.04. The number of carbonyl (C=O) groups excluding carboxylic acids is 2. The van der Waals surface area contributed by atoms with Gasteiger partial charge in [0.2, 0.25) is 0 Å². The first-order chi connectivity index (χ1) is 9.67. The summed E-state index contributed by atoms with van der Waals surface area (Å²) in [5.41, 5.74) is 1.53. The number of aromatic nitrogens is 1. The summed E-state index contributed by atoms with van der Waals surface area (Å²) in [4.78, 5) is 24.0. The third-order valence-electron chi connectivity index (χ3n) is 3.04. The second kappa shape index (κ2) is 6.14. The fourth-order valence-electron chi connectivity index (χ4n) is 1.98. The van der Waals surface area contributed by atoms with E-state index in [-0.39, 0.29) is 18.1 Å². The van der Waals surface area contributed by atoms with E-state index in [4.69, 9.17) is 4.52 Å². The largest absolute Gasteiger partial charge is 0.360 e. The fourth-order valence-corrected chi connectivity index (χ4v) is 1.98. The summed E-state index contributed by atoms with van der Waals surface area (Å²) in [6.07, 6.45) is 0.603. The zero-order valence-corrected chi connectivity index (χ0v) is 11.5. The van der Waals surface area contributed by atoms with Crippen LogP contribution < -0.4 is 5.32 Å². The summed E-state index contributed by atoms with van der Waals surface area (Å²) < 4.78 is 5.17. The summed E-state index contributed by atoms with van der Waals surface area (Å²) in [6.45, 7) is 1.88. The Morgan fingerprint density at radius 3 is 2.55 bits per heavy atom. The van der Waals surface area contributed by atoms with Crippen LogP contribution in [0.2, 0.25) is 0 Å². The average molecular weight is 272 g/mol. The predicted molar refractivity (Wildman–Crippen MR) is 73.7 cm³/mol. The number of hydrogen-bond donors (Lipinski definition) is 1. The van der Waals surface area contributed by atoms with Crippen LogP contribution in [0.3, 0.4) is 0 Å². The molecule has 1 N–H and O–H groups in total. The van der Waals surface area contributed by atoms with Crippen LogP contribution >= 0.6 is 0 Å². The minimum atomic E-state index is -0.279. The SMILES string of the molecule is CCc1noc(CC(=O)c2ccccc2)c1C(=O)NC. The van der Waals surface area contributed by atoms with Crippen LogP contribution in [0, 0.1) is 0 Å². The van der Waals surface area contributed by atoms with E-state index in [0.717, 1.165) is 0 Å². The van der Waals surface area contributed by atoms with Gasteiger partial charge < -0.3 is 9.84 Å². The highest BCUT2D eigenvalue weighted by molar-refractivity contribution is 6.01. The van der Waals surface area contributed by atoms with Crippen molar-refractivity contribution in [3.8, 4) is 0 Å². The first kappa shape index (κ1) is 14.0. The highest BCUT2D eigenvalue weighted by Gasteiger charge is 2.23. The molecule has 0 saturated heterocycles. The minimum Gasteiger partial charge on any atom is -0.360 e. The highest BCUT2D eigenvalue weighted by Crippen LogP contribution is 2.17. The van der Waals surface area contributed by atoms with Crippen molar-refractivity contribution in [2.24, 2.45) is 0 Å². The summed E-state index contributed by atoms with van der Waals surface area (Å²) in [5.74, 6) is -0.0661. The van der Waals surface area contributed by atoms with Crippen LogP contribution in [-0.4, -0.2) is 23.9 Å². The Bertz CT molecular complexity index is 617. The van der Waals surface area contributed by atoms with Crippen LogP contribution in [0.15, 0.2) is 34.9 Å². The Balaban J connectivity index is 2.28. The van der Waals surface area contributed by atoms with E-state index < -0.39 is 0 Å². The van der Waals surface area contributed by atoms with Crippen molar-refractivity contribution in [1.82, 2.24) is 10.5 Å². The van der Waals surface area contributed by atoms with E-state index in [1.165, 1.54) is 7.05 Å². The van der Waals surface area contributed by atoms with Gasteiger partial charge in [-0.1, -0.05) is 42.4 Å². The molecule has 1 aromatic heterocycles. The Morgan fingerprint density at radius 2 is 1.95 bits per heavy atom. The van der Waals surface area contributed by atoms with Gasteiger partial charge in [-0.3, -0.25) is 9.59 Å². The van der Waals surface area contributed by atoms with Gasteiger partial charge in [0, 0.05) is 12.6 Å². The van der Waals surface area contributed by atoms with Crippen molar-refractivity contribution in [1.29, 1.82) is 0 Å². The molecule has 5 nitrogen and oxygen atoms in total. The number of ketones is 1. The van der Waals surface area contributed by atoms with Crippen LogP contribution in [0.25, 0.3) is 0 Å². The van der Waals surface area contributed by atoms with Crippen LogP contribution in [-0.2, 0) is 12.8 Å². The molecular weight excluding hydrogens is 256 g/mol. The Kier molecular flexibility index (Phi) is 4.30. The lowest BCUT2D eigenvalue weighted by atomic mass is 10.0. The van der Waals surface area contributed by atoms with Crippen molar-refractivity contribution in [3.05, 3.63) is 52.9 Å². The second-order valence-corrected chi connectivity index (χ2v) is 4.33. The molecule has 0 aliphatic rings. The minimum absolute atomic E-state index is 0.0275. The fraction of sp³-hybridized carbons (Fsp3) is 0.267. The van der Waals surface area contributed by atoms with Gasteiger partial charge in [-0.2, -0.15) is 0 Å². The quantitative estimate of drug-likeness (QED) is 0.845. The summed E-state index contributed by atoms with van der Waals surface area (Å²) in [5, 5.41) is 6.41. The maximum absolute atomic E-state index is 12.2. The number of hydrogen-bond acceptors (Lipinski definition) is 4. The Labute approximate surface area is 117 Å². The molecule has 2 aromatic rings. The Hall–Kier alpha value is -2.43. The molecule has 20 heavy (non-hydrogen) atoms. The van der Waals surface area contributed by atoms with Gasteiger partial charge >= 0.3 is 0 Å². The highest BCUT2D eigenvalue weighted by atomic mass is 16.5. The topological polar surface area (TPSA) is 72.2 Å². The molecule has 0 aliphatic carbocycles. The van der Waals surface area contributed by atoms with Gasteiger partial charge in [0.1, 0.15) is 5.56 Å². The van der Waals surface area contributed by atoms with Crippen LogP contribution in [0.5, 0.6) is 0 Å². The standard InChI is InChI=1S/C15H16N2O3/c1-3-11-14(15(19)16-2)13(20-17-11)9-12(18)10-7-5-4-6-8-10/h4-8H,3,9H2,1-2H3,(H,16,19). The molecule has 0 saturated carbocycles. The lowest BCUT2D eigenvalue weighted by Crippen LogP contribution is -2.21. The van der Waals surface area contributed by atoms with E-state index in [9.17, 15) is 9.59 Å². The molecule has 0 fully saturated rings. The molecule has 1 heterocycles. The number of nitrogens with zero attached hydrogens (tertiary/aromatic N) is 1. The smallest absolute Gasteiger partial charge is 0.256 e. The number of benzene rings is 1. The molecule has 2 rings (SSSR count). The number of rotatable bonds is 5. The Morgan fingerprint density at radius 1 is 1.25 bits per heavy atom. The van der Waals surface area contributed by atoms with Gasteiger partial charge in [0.25, 0.3) is 5.91 Å². The molecule has 0 atom stereocenters. The van der Waals surface area contributed by atoms with E-state index >= 15 is 0 Å². The van der Waals surface area contributed by atoms with Crippen molar-refractivity contribution < 1.29 is 14.1 Å². The number of Topliss-reactive ketones (excluding diaryl/α,β-unsaturated/α-hetero) is 1. The molecule has 0 unspecified atom stereocenters. The number of nitrogens with one attached hydrogen (secondary N) is 1. The lowest BCUT2D eigenvalue weighted by Gasteiger charge is -2.02. The lowest BCUT2D eigenvalue weighted by molar-refractivity contribution is 0.0959. The molecule has 1 amide bonds. The van der Waals surface area contributed by atoms with Gasteiger partial charge in [-0.15, -0.1) is 0 Å². The van der Waals surface area contributed by atoms with Crippen LogP contribution in [0.1, 0.15) is 39.1 Å². The molecule has 104 valence electrons. The second-order valence-electron chi connectivity index (χ2n) is 4.33. The molecule has 0 aliphatic heterocycles. The maximum Gasteiger partial charge on any atom is 0.256 e. The third kappa shape index (κ3) is 2.77. The van der Waals surface area contributed by atoms with Crippen molar-refractivity contribution in [2.75, 3.05) is 7.05 Å². The summed E-state index contributed by atoms with van der Waals surface area (Å²) in [6, 6.07) is 8.91. The molecule has 5 heteroatoms. The molecular formula is C15H16N2O3. The van der Waals surface area contributed by atoms with Gasteiger partial charge in [-0.25, -0.2) is 0 Å². The zero-order valence-electron chi connectivity index (χ0n) is 11.5. The zero-order chi connectivity index (χ0) is 14.5. The van der Waals surface area contributed by atoms with E-state index in [2.05, 4.69) is 10.5 Å². The maximum atomic E-state index is 12.2. The van der Waals surface area contributed by atoms with Gasteiger partial charge in [0.15, 0.2) is 11.5 Å². The van der Waals surface area contributed by atoms with Gasteiger partial charge in [0.05, 0.1) is 12.1 Å².